The summed E-state index contributed by atoms with van der Waals surface area (Å²) in [6, 6.07) is 1.12. The van der Waals surface area contributed by atoms with E-state index in [4.69, 9.17) is 0 Å². The first-order valence-corrected chi connectivity index (χ1v) is 8.58. The van der Waals surface area contributed by atoms with Gasteiger partial charge in [0.1, 0.15) is 6.04 Å². The normalized spacial score (nSPS) is 20.8. The summed E-state index contributed by atoms with van der Waals surface area (Å²) in [7, 11) is -3.37. The van der Waals surface area contributed by atoms with Crippen molar-refractivity contribution in [1.82, 2.24) is 14.5 Å². The third kappa shape index (κ3) is 3.37. The average Bonchev–Trinajstić information content (AvgIpc) is 2.85. The zero-order chi connectivity index (χ0) is 14.8. The van der Waals surface area contributed by atoms with Gasteiger partial charge in [-0.3, -0.25) is 9.89 Å². The lowest BCUT2D eigenvalue weighted by molar-refractivity contribution is -0.120. The van der Waals surface area contributed by atoms with Crippen LogP contribution in [0.5, 0.6) is 0 Å². The van der Waals surface area contributed by atoms with Crippen molar-refractivity contribution in [2.24, 2.45) is 0 Å². The first-order valence-electron chi connectivity index (χ1n) is 6.73. The molecule has 0 aliphatic carbocycles. The van der Waals surface area contributed by atoms with Crippen LogP contribution in [0.2, 0.25) is 0 Å². The zero-order valence-corrected chi connectivity index (χ0v) is 12.5. The second kappa shape index (κ2) is 5.92. The number of hydrogen-bond acceptors (Lipinski definition) is 4. The monoisotopic (exact) mass is 300 g/mol. The number of nitrogens with zero attached hydrogens (tertiary/aromatic N) is 2. The molecule has 1 saturated heterocycles. The summed E-state index contributed by atoms with van der Waals surface area (Å²) in [6.45, 7) is 2.38. The van der Waals surface area contributed by atoms with E-state index >= 15 is 0 Å². The first kappa shape index (κ1) is 15.0. The molecule has 0 spiro atoms. The molecule has 0 radical (unpaired) electrons. The fourth-order valence-electron chi connectivity index (χ4n) is 2.38. The van der Waals surface area contributed by atoms with Gasteiger partial charge in [-0.05, 0) is 19.3 Å². The standard InChI is InChI=1S/C12H20N4O3S/c1-3-9-8-11(15-14-9)13-12(17)10-6-4-5-7-16(10)20(2,18)19/h8,10H,3-7H2,1-2H3,(H2,13,14,15,17). The number of carbonyl (C=O) groups is 1. The van der Waals surface area contributed by atoms with Crippen LogP contribution in [0.15, 0.2) is 6.07 Å². The molecule has 0 bridgehead atoms. The van der Waals surface area contributed by atoms with Gasteiger partial charge in [0.15, 0.2) is 5.82 Å². The number of carbonyl (C=O) groups excluding carboxylic acids is 1. The second-order valence-electron chi connectivity index (χ2n) is 5.01. The van der Waals surface area contributed by atoms with Gasteiger partial charge < -0.3 is 5.32 Å². The minimum atomic E-state index is -3.37. The van der Waals surface area contributed by atoms with Gasteiger partial charge in [-0.2, -0.15) is 9.40 Å². The van der Waals surface area contributed by atoms with Crippen molar-refractivity contribution in [3.05, 3.63) is 11.8 Å². The van der Waals surface area contributed by atoms with Crippen LogP contribution in [0.3, 0.4) is 0 Å². The maximum absolute atomic E-state index is 12.3. The van der Waals surface area contributed by atoms with Crippen molar-refractivity contribution >= 4 is 21.7 Å². The molecule has 1 aliphatic heterocycles. The van der Waals surface area contributed by atoms with Gasteiger partial charge >= 0.3 is 0 Å². The molecule has 1 aromatic rings. The fourth-order valence-corrected chi connectivity index (χ4v) is 3.50. The summed E-state index contributed by atoms with van der Waals surface area (Å²) in [5, 5.41) is 9.47. The van der Waals surface area contributed by atoms with Crippen LogP contribution in [-0.2, 0) is 21.2 Å². The van der Waals surface area contributed by atoms with E-state index in [9.17, 15) is 13.2 Å². The van der Waals surface area contributed by atoms with Crippen LogP contribution in [0.1, 0.15) is 31.9 Å². The largest absolute Gasteiger partial charge is 0.308 e. The summed E-state index contributed by atoms with van der Waals surface area (Å²) < 4.78 is 24.7. The molecular weight excluding hydrogens is 280 g/mol. The van der Waals surface area contributed by atoms with E-state index in [0.717, 1.165) is 31.2 Å². The molecule has 112 valence electrons. The maximum atomic E-state index is 12.3. The number of sulfonamides is 1. The Morgan fingerprint density at radius 1 is 1.55 bits per heavy atom. The number of piperidine rings is 1. The van der Waals surface area contributed by atoms with Crippen LogP contribution in [0, 0.1) is 0 Å². The average molecular weight is 300 g/mol. The quantitative estimate of drug-likeness (QED) is 0.856. The minimum absolute atomic E-state index is 0.315. The summed E-state index contributed by atoms with van der Waals surface area (Å²) >= 11 is 0. The molecule has 20 heavy (non-hydrogen) atoms. The molecule has 1 amide bonds. The zero-order valence-electron chi connectivity index (χ0n) is 11.7. The fraction of sp³-hybridized carbons (Fsp3) is 0.667. The highest BCUT2D eigenvalue weighted by Crippen LogP contribution is 2.21. The van der Waals surface area contributed by atoms with Crippen LogP contribution in [0.25, 0.3) is 0 Å². The first-order chi connectivity index (χ1) is 9.41. The van der Waals surface area contributed by atoms with E-state index in [1.54, 1.807) is 6.07 Å². The van der Waals surface area contributed by atoms with Gasteiger partial charge in [0.25, 0.3) is 0 Å². The summed E-state index contributed by atoms with van der Waals surface area (Å²) in [6.07, 6.45) is 4.12. The van der Waals surface area contributed by atoms with Gasteiger partial charge in [-0.15, -0.1) is 0 Å². The van der Waals surface area contributed by atoms with Gasteiger partial charge in [0.2, 0.25) is 15.9 Å². The highest BCUT2D eigenvalue weighted by Gasteiger charge is 2.34. The number of aromatic amines is 1. The summed E-state index contributed by atoms with van der Waals surface area (Å²) in [5.74, 6) is 0.121. The Morgan fingerprint density at radius 2 is 2.30 bits per heavy atom. The Bertz CT molecular complexity index is 581. The molecule has 1 aromatic heterocycles. The molecule has 8 heteroatoms. The lowest BCUT2D eigenvalue weighted by Gasteiger charge is -2.32. The van der Waals surface area contributed by atoms with Crippen molar-refractivity contribution in [2.75, 3.05) is 18.1 Å². The van der Waals surface area contributed by atoms with Crippen molar-refractivity contribution in [1.29, 1.82) is 0 Å². The smallest absolute Gasteiger partial charge is 0.244 e. The van der Waals surface area contributed by atoms with E-state index in [-0.39, 0.29) is 5.91 Å². The van der Waals surface area contributed by atoms with E-state index in [1.165, 1.54) is 4.31 Å². The Kier molecular flexibility index (Phi) is 4.44. The Morgan fingerprint density at radius 3 is 2.90 bits per heavy atom. The maximum Gasteiger partial charge on any atom is 0.244 e. The lowest BCUT2D eigenvalue weighted by Crippen LogP contribution is -2.49. The highest BCUT2D eigenvalue weighted by atomic mass is 32.2. The number of aryl methyl sites for hydroxylation is 1. The van der Waals surface area contributed by atoms with Crippen molar-refractivity contribution < 1.29 is 13.2 Å². The molecule has 0 saturated carbocycles. The lowest BCUT2D eigenvalue weighted by atomic mass is 10.0. The van der Waals surface area contributed by atoms with Gasteiger partial charge in [0.05, 0.1) is 6.26 Å². The number of H-pyrrole nitrogens is 1. The van der Waals surface area contributed by atoms with Crippen LogP contribution in [-0.4, -0.2) is 47.7 Å². The highest BCUT2D eigenvalue weighted by molar-refractivity contribution is 7.88. The van der Waals surface area contributed by atoms with E-state index in [1.807, 2.05) is 6.92 Å². The van der Waals surface area contributed by atoms with E-state index in [0.29, 0.717) is 18.8 Å². The predicted molar refractivity (Wildman–Crippen MR) is 75.8 cm³/mol. The molecule has 2 heterocycles. The topological polar surface area (TPSA) is 95.2 Å². The van der Waals surface area contributed by atoms with Crippen molar-refractivity contribution in [3.63, 3.8) is 0 Å². The number of aromatic nitrogens is 2. The molecule has 1 atom stereocenters. The molecule has 1 aliphatic rings. The third-order valence-electron chi connectivity index (χ3n) is 3.45. The minimum Gasteiger partial charge on any atom is -0.308 e. The van der Waals surface area contributed by atoms with Gasteiger partial charge in [-0.1, -0.05) is 13.3 Å². The van der Waals surface area contributed by atoms with E-state index in [2.05, 4.69) is 15.5 Å². The van der Waals surface area contributed by atoms with Crippen molar-refractivity contribution in [2.45, 2.75) is 38.6 Å². The van der Waals surface area contributed by atoms with Crippen LogP contribution < -0.4 is 5.32 Å². The van der Waals surface area contributed by atoms with Gasteiger partial charge in [0, 0.05) is 18.3 Å². The molecule has 1 fully saturated rings. The molecule has 2 rings (SSSR count). The Labute approximate surface area is 118 Å². The summed E-state index contributed by atoms with van der Waals surface area (Å²) in [4.78, 5) is 12.3. The third-order valence-corrected chi connectivity index (χ3v) is 4.73. The number of anilines is 1. The van der Waals surface area contributed by atoms with Crippen LogP contribution >= 0.6 is 0 Å². The molecular formula is C12H20N4O3S. The number of nitrogens with one attached hydrogen (secondary N) is 2. The predicted octanol–water partition coefficient (Wildman–Crippen LogP) is 0.725. The SMILES string of the molecule is CCc1cc(NC(=O)C2CCCCN2S(C)(=O)=O)n[nH]1. The molecule has 2 N–H and O–H groups in total. The van der Waals surface area contributed by atoms with Gasteiger partial charge in [-0.25, -0.2) is 8.42 Å². The Hall–Kier alpha value is -1.41. The van der Waals surface area contributed by atoms with Crippen LogP contribution in [0.4, 0.5) is 5.82 Å². The Balaban J connectivity index is 2.10. The summed E-state index contributed by atoms with van der Waals surface area (Å²) in [5.41, 5.74) is 0.920. The molecule has 7 nitrogen and oxygen atoms in total. The molecule has 0 aromatic carbocycles. The number of hydrogen-bond donors (Lipinski definition) is 2. The molecule has 1 unspecified atom stereocenters. The van der Waals surface area contributed by atoms with Crippen molar-refractivity contribution in [3.8, 4) is 0 Å². The van der Waals surface area contributed by atoms with E-state index < -0.39 is 16.1 Å². The second-order valence-corrected chi connectivity index (χ2v) is 6.94. The number of rotatable bonds is 4. The number of amides is 1.